The van der Waals surface area contributed by atoms with Gasteiger partial charge in [0, 0.05) is 37.2 Å². The van der Waals surface area contributed by atoms with Crippen molar-refractivity contribution >= 4 is 15.9 Å². The largest absolute Gasteiger partial charge is 0.379 e. The minimum atomic E-state index is 0.706. The number of likely N-dealkylation sites (tertiary alicyclic amines) is 1. The number of benzene rings is 1. The average Bonchev–Trinajstić information content (AvgIpc) is 2.95. The quantitative estimate of drug-likeness (QED) is 0.839. The third-order valence-electron chi connectivity index (χ3n) is 4.43. The number of rotatable bonds is 4. The van der Waals surface area contributed by atoms with Gasteiger partial charge in [0.05, 0.1) is 13.2 Å². The van der Waals surface area contributed by atoms with Crippen LogP contribution in [0.3, 0.4) is 0 Å². The van der Waals surface area contributed by atoms with Crippen LogP contribution >= 0.6 is 15.9 Å². The summed E-state index contributed by atoms with van der Waals surface area (Å²) in [5.74, 6) is 0.706. The van der Waals surface area contributed by atoms with Crippen LogP contribution in [0.25, 0.3) is 0 Å². The molecule has 1 aromatic carbocycles. The molecule has 0 spiro atoms. The van der Waals surface area contributed by atoms with Gasteiger partial charge in [0.2, 0.25) is 0 Å². The fourth-order valence-corrected chi connectivity index (χ4v) is 3.59. The fourth-order valence-electron chi connectivity index (χ4n) is 3.18. The monoisotopic (exact) mass is 338 g/mol. The number of hydrogen-bond acceptors (Lipinski definition) is 3. The molecular formula is C16H23BrN2O. The van der Waals surface area contributed by atoms with Gasteiger partial charge in [0.1, 0.15) is 0 Å². The summed E-state index contributed by atoms with van der Waals surface area (Å²) in [5.41, 5.74) is 1.48. The Kier molecular flexibility index (Phi) is 5.10. The van der Waals surface area contributed by atoms with Crippen LogP contribution in [-0.2, 0) is 4.74 Å². The number of nitrogens with zero attached hydrogens (tertiary/aromatic N) is 2. The molecule has 0 bridgehead atoms. The SMILES string of the molecule is Brc1cccc(C2CCN(CCN3CCOCC3)C2)c1. The van der Waals surface area contributed by atoms with Gasteiger partial charge in [-0.25, -0.2) is 0 Å². The van der Waals surface area contributed by atoms with E-state index < -0.39 is 0 Å². The van der Waals surface area contributed by atoms with E-state index in [4.69, 9.17) is 4.74 Å². The normalized spacial score (nSPS) is 25.1. The van der Waals surface area contributed by atoms with Gasteiger partial charge in [-0.1, -0.05) is 28.1 Å². The predicted octanol–water partition coefficient (Wildman–Crippen LogP) is 2.57. The van der Waals surface area contributed by atoms with Crippen molar-refractivity contribution in [2.75, 3.05) is 52.5 Å². The van der Waals surface area contributed by atoms with Crippen LogP contribution in [0, 0.1) is 0 Å². The zero-order chi connectivity index (χ0) is 13.8. The highest BCUT2D eigenvalue weighted by Crippen LogP contribution is 2.28. The van der Waals surface area contributed by atoms with Crippen LogP contribution in [0.15, 0.2) is 28.7 Å². The molecule has 110 valence electrons. The Morgan fingerprint density at radius 3 is 2.70 bits per heavy atom. The molecule has 0 N–H and O–H groups in total. The van der Waals surface area contributed by atoms with E-state index in [1.54, 1.807) is 0 Å². The minimum absolute atomic E-state index is 0.706. The Hall–Kier alpha value is -0.420. The third-order valence-corrected chi connectivity index (χ3v) is 4.92. The lowest BCUT2D eigenvalue weighted by molar-refractivity contribution is 0.0343. The molecule has 2 fully saturated rings. The molecule has 2 aliphatic heterocycles. The molecule has 0 aromatic heterocycles. The first-order valence-corrected chi connectivity index (χ1v) is 8.38. The summed E-state index contributed by atoms with van der Waals surface area (Å²) in [5, 5.41) is 0. The Bertz CT molecular complexity index is 434. The van der Waals surface area contributed by atoms with Crippen molar-refractivity contribution in [3.8, 4) is 0 Å². The van der Waals surface area contributed by atoms with E-state index in [1.807, 2.05) is 0 Å². The molecular weight excluding hydrogens is 316 g/mol. The van der Waals surface area contributed by atoms with Gasteiger partial charge >= 0.3 is 0 Å². The Morgan fingerprint density at radius 1 is 1.10 bits per heavy atom. The van der Waals surface area contributed by atoms with Crippen LogP contribution < -0.4 is 0 Å². The van der Waals surface area contributed by atoms with Crippen LogP contribution in [-0.4, -0.2) is 62.3 Å². The van der Waals surface area contributed by atoms with Gasteiger partial charge in [-0.2, -0.15) is 0 Å². The second-order valence-electron chi connectivity index (χ2n) is 5.80. The van der Waals surface area contributed by atoms with Crippen molar-refractivity contribution in [3.05, 3.63) is 34.3 Å². The van der Waals surface area contributed by atoms with E-state index in [9.17, 15) is 0 Å². The van der Waals surface area contributed by atoms with Crippen LogP contribution in [0.5, 0.6) is 0 Å². The maximum absolute atomic E-state index is 5.40. The summed E-state index contributed by atoms with van der Waals surface area (Å²) in [7, 11) is 0. The summed E-state index contributed by atoms with van der Waals surface area (Å²) in [4.78, 5) is 5.14. The Labute approximate surface area is 130 Å². The Morgan fingerprint density at radius 2 is 1.90 bits per heavy atom. The molecule has 1 unspecified atom stereocenters. The maximum Gasteiger partial charge on any atom is 0.0594 e. The van der Waals surface area contributed by atoms with Crippen molar-refractivity contribution in [2.45, 2.75) is 12.3 Å². The van der Waals surface area contributed by atoms with E-state index in [0.29, 0.717) is 5.92 Å². The van der Waals surface area contributed by atoms with Crippen molar-refractivity contribution in [3.63, 3.8) is 0 Å². The highest BCUT2D eigenvalue weighted by Gasteiger charge is 2.24. The summed E-state index contributed by atoms with van der Waals surface area (Å²) >= 11 is 3.58. The highest BCUT2D eigenvalue weighted by atomic mass is 79.9. The molecule has 4 heteroatoms. The van der Waals surface area contributed by atoms with Crippen LogP contribution in [0.4, 0.5) is 0 Å². The van der Waals surface area contributed by atoms with E-state index >= 15 is 0 Å². The lowest BCUT2D eigenvalue weighted by Gasteiger charge is -2.28. The molecule has 20 heavy (non-hydrogen) atoms. The topological polar surface area (TPSA) is 15.7 Å². The van der Waals surface area contributed by atoms with E-state index in [1.165, 1.54) is 42.6 Å². The van der Waals surface area contributed by atoms with Gasteiger partial charge in [0.15, 0.2) is 0 Å². The van der Waals surface area contributed by atoms with Gasteiger partial charge in [-0.05, 0) is 36.6 Å². The molecule has 0 saturated carbocycles. The first-order valence-electron chi connectivity index (χ1n) is 7.59. The molecule has 2 saturated heterocycles. The smallest absolute Gasteiger partial charge is 0.0594 e. The van der Waals surface area contributed by atoms with Crippen LogP contribution in [0.2, 0.25) is 0 Å². The van der Waals surface area contributed by atoms with Crippen LogP contribution in [0.1, 0.15) is 17.9 Å². The molecule has 2 heterocycles. The zero-order valence-electron chi connectivity index (χ0n) is 11.9. The highest BCUT2D eigenvalue weighted by molar-refractivity contribution is 9.10. The molecule has 2 aliphatic rings. The summed E-state index contributed by atoms with van der Waals surface area (Å²) in [6, 6.07) is 8.79. The van der Waals surface area contributed by atoms with Gasteiger partial charge < -0.3 is 9.64 Å². The fraction of sp³-hybridized carbons (Fsp3) is 0.625. The summed E-state index contributed by atoms with van der Waals surface area (Å²) in [6.45, 7) is 8.84. The Balaban J connectivity index is 1.47. The molecule has 3 nitrogen and oxygen atoms in total. The molecule has 0 aliphatic carbocycles. The number of morpholine rings is 1. The molecule has 3 rings (SSSR count). The molecule has 0 amide bonds. The van der Waals surface area contributed by atoms with Crippen molar-refractivity contribution in [1.82, 2.24) is 9.80 Å². The van der Waals surface area contributed by atoms with Crippen molar-refractivity contribution < 1.29 is 4.74 Å². The van der Waals surface area contributed by atoms with Crippen molar-refractivity contribution in [2.24, 2.45) is 0 Å². The van der Waals surface area contributed by atoms with Gasteiger partial charge in [0.25, 0.3) is 0 Å². The average molecular weight is 339 g/mol. The number of hydrogen-bond donors (Lipinski definition) is 0. The first kappa shape index (κ1) is 14.5. The summed E-state index contributed by atoms with van der Waals surface area (Å²) in [6.07, 6.45) is 1.29. The van der Waals surface area contributed by atoms with E-state index in [0.717, 1.165) is 26.3 Å². The predicted molar refractivity (Wildman–Crippen MR) is 85.2 cm³/mol. The maximum atomic E-state index is 5.40. The van der Waals surface area contributed by atoms with E-state index in [-0.39, 0.29) is 0 Å². The third kappa shape index (κ3) is 3.82. The first-order chi connectivity index (χ1) is 9.81. The number of ether oxygens (including phenoxy) is 1. The second kappa shape index (κ2) is 7.03. The van der Waals surface area contributed by atoms with Gasteiger partial charge in [-0.3, -0.25) is 4.90 Å². The molecule has 0 radical (unpaired) electrons. The minimum Gasteiger partial charge on any atom is -0.379 e. The van der Waals surface area contributed by atoms with Gasteiger partial charge in [-0.15, -0.1) is 0 Å². The molecule has 1 atom stereocenters. The van der Waals surface area contributed by atoms with E-state index in [2.05, 4.69) is 50.0 Å². The molecule has 1 aromatic rings. The lowest BCUT2D eigenvalue weighted by Crippen LogP contribution is -2.41. The zero-order valence-corrected chi connectivity index (χ0v) is 13.5. The second-order valence-corrected chi connectivity index (χ2v) is 6.71. The lowest BCUT2D eigenvalue weighted by atomic mass is 9.99. The summed E-state index contributed by atoms with van der Waals surface area (Å²) < 4.78 is 6.59. The number of halogens is 1. The standard InChI is InChI=1S/C16H23BrN2O/c17-16-3-1-2-14(12-16)15-4-5-19(13-15)7-6-18-8-10-20-11-9-18/h1-3,12,15H,4-11,13H2. The van der Waals surface area contributed by atoms with Crippen molar-refractivity contribution in [1.29, 1.82) is 0 Å².